The number of hydrogen-bond acceptors (Lipinski definition) is 6. The number of carboxylic acid groups (broad SMARTS) is 1. The molecule has 3 fully saturated rings. The van der Waals surface area contributed by atoms with Gasteiger partial charge in [0.25, 0.3) is 0 Å². The molecule has 2 amide bonds. The summed E-state index contributed by atoms with van der Waals surface area (Å²) >= 11 is 0. The van der Waals surface area contributed by atoms with Crippen molar-refractivity contribution in [3.05, 3.63) is 0 Å². The number of aliphatic carboxylic acids is 1. The van der Waals surface area contributed by atoms with Crippen molar-refractivity contribution in [2.24, 2.45) is 11.3 Å². The number of fused-ring (bicyclic) bond motifs is 1. The zero-order valence-electron chi connectivity index (χ0n) is 16.1. The highest BCUT2D eigenvalue weighted by atomic mass is 16.6. The quantitative estimate of drug-likeness (QED) is 0.742. The molecule has 3 aliphatic rings. The summed E-state index contributed by atoms with van der Waals surface area (Å²) in [6, 6.07) is -0.805. The van der Waals surface area contributed by atoms with E-state index in [1.807, 2.05) is 0 Å². The lowest BCUT2D eigenvalue weighted by atomic mass is 9.74. The summed E-state index contributed by atoms with van der Waals surface area (Å²) in [6.07, 6.45) is -0.176. The normalized spacial score (nSPS) is 31.4. The van der Waals surface area contributed by atoms with Crippen LogP contribution < -0.4 is 0 Å². The Hall–Kier alpha value is -1.87. The lowest BCUT2D eigenvalue weighted by molar-refractivity contribution is -0.157. The lowest BCUT2D eigenvalue weighted by Gasteiger charge is -2.37. The van der Waals surface area contributed by atoms with Crippen LogP contribution in [0.25, 0.3) is 0 Å². The molecule has 0 radical (unpaired) electrons. The molecule has 3 saturated heterocycles. The molecule has 0 aromatic heterocycles. The van der Waals surface area contributed by atoms with Gasteiger partial charge in [0.05, 0.1) is 25.2 Å². The largest absolute Gasteiger partial charge is 0.481 e. The number of carbonyl (C=O) groups excluding carboxylic acids is 2. The first-order valence-electron chi connectivity index (χ1n) is 9.31. The third kappa shape index (κ3) is 3.89. The first kappa shape index (κ1) is 19.9. The first-order chi connectivity index (χ1) is 12.6. The molecule has 0 bridgehead atoms. The number of ether oxygens (including phenoxy) is 3. The topological polar surface area (TPSA) is 106 Å². The SMILES string of the molecule is CC(C)(C)OC(=O)N1CCOCC1C(=O)N1CC2COCC[C@@]2(C(=O)O)C1. The minimum Gasteiger partial charge on any atom is -0.481 e. The minimum absolute atomic E-state index is 0.0792. The summed E-state index contributed by atoms with van der Waals surface area (Å²) in [5.74, 6) is -1.43. The number of morpholine rings is 1. The molecule has 3 rings (SSSR count). The Morgan fingerprint density at radius 3 is 2.48 bits per heavy atom. The highest BCUT2D eigenvalue weighted by Crippen LogP contribution is 2.42. The van der Waals surface area contributed by atoms with Crippen LogP contribution in [0, 0.1) is 11.3 Å². The average Bonchev–Trinajstić information content (AvgIpc) is 3.00. The molecule has 0 saturated carbocycles. The number of carboxylic acids is 1. The fourth-order valence-corrected chi connectivity index (χ4v) is 4.03. The van der Waals surface area contributed by atoms with Crippen molar-refractivity contribution < 1.29 is 33.7 Å². The summed E-state index contributed by atoms with van der Waals surface area (Å²) in [5, 5.41) is 9.77. The van der Waals surface area contributed by atoms with Crippen molar-refractivity contribution in [3.63, 3.8) is 0 Å². The van der Waals surface area contributed by atoms with Gasteiger partial charge in [0.1, 0.15) is 11.6 Å². The number of carbonyl (C=O) groups is 3. The van der Waals surface area contributed by atoms with Gasteiger partial charge in [-0.05, 0) is 27.2 Å². The minimum atomic E-state index is -0.972. The van der Waals surface area contributed by atoms with Crippen molar-refractivity contribution in [1.29, 1.82) is 0 Å². The van der Waals surface area contributed by atoms with E-state index in [0.717, 1.165) is 0 Å². The van der Waals surface area contributed by atoms with Crippen molar-refractivity contribution >= 4 is 18.0 Å². The first-order valence-corrected chi connectivity index (χ1v) is 9.31. The molecule has 2 unspecified atom stereocenters. The number of rotatable bonds is 2. The monoisotopic (exact) mass is 384 g/mol. The molecule has 9 heteroatoms. The van der Waals surface area contributed by atoms with Gasteiger partial charge in [-0.15, -0.1) is 0 Å². The lowest BCUT2D eigenvalue weighted by Crippen LogP contribution is -2.57. The third-order valence-corrected chi connectivity index (χ3v) is 5.49. The number of hydrogen-bond donors (Lipinski definition) is 1. The average molecular weight is 384 g/mol. The summed E-state index contributed by atoms with van der Waals surface area (Å²) in [7, 11) is 0. The van der Waals surface area contributed by atoms with Crippen LogP contribution in [0.5, 0.6) is 0 Å². The molecule has 152 valence electrons. The number of likely N-dealkylation sites (tertiary alicyclic amines) is 1. The highest BCUT2D eigenvalue weighted by Gasteiger charge is 2.56. The van der Waals surface area contributed by atoms with Gasteiger partial charge in [0.15, 0.2) is 0 Å². The zero-order chi connectivity index (χ0) is 19.8. The zero-order valence-corrected chi connectivity index (χ0v) is 16.1. The van der Waals surface area contributed by atoms with E-state index < -0.39 is 29.1 Å². The Kier molecular flexibility index (Phi) is 5.36. The van der Waals surface area contributed by atoms with Crippen molar-refractivity contribution in [2.75, 3.05) is 46.1 Å². The summed E-state index contributed by atoms with van der Waals surface area (Å²) in [6.45, 7) is 7.12. The van der Waals surface area contributed by atoms with Crippen molar-refractivity contribution in [1.82, 2.24) is 9.80 Å². The maximum atomic E-state index is 13.2. The molecule has 9 nitrogen and oxygen atoms in total. The molecule has 0 spiro atoms. The van der Waals surface area contributed by atoms with Gasteiger partial charge in [-0.1, -0.05) is 0 Å². The second kappa shape index (κ2) is 7.27. The number of amides is 2. The van der Waals surface area contributed by atoms with Crippen molar-refractivity contribution in [3.8, 4) is 0 Å². The summed E-state index contributed by atoms with van der Waals surface area (Å²) < 4.78 is 16.3. The Balaban J connectivity index is 1.75. The Morgan fingerprint density at radius 2 is 1.85 bits per heavy atom. The Morgan fingerprint density at radius 1 is 1.15 bits per heavy atom. The van der Waals surface area contributed by atoms with E-state index >= 15 is 0 Å². The van der Waals surface area contributed by atoms with Gasteiger partial charge in [0.2, 0.25) is 5.91 Å². The van der Waals surface area contributed by atoms with Crippen LogP contribution in [0.4, 0.5) is 4.79 Å². The molecule has 3 atom stereocenters. The maximum Gasteiger partial charge on any atom is 0.411 e. The summed E-state index contributed by atoms with van der Waals surface area (Å²) in [5.41, 5.74) is -1.64. The predicted molar refractivity (Wildman–Crippen MR) is 93.1 cm³/mol. The van der Waals surface area contributed by atoms with Crippen LogP contribution in [0.15, 0.2) is 0 Å². The maximum absolute atomic E-state index is 13.2. The van der Waals surface area contributed by atoms with Crippen LogP contribution in [0.2, 0.25) is 0 Å². The Labute approximate surface area is 158 Å². The summed E-state index contributed by atoms with van der Waals surface area (Å²) in [4.78, 5) is 40.5. The van der Waals surface area contributed by atoms with Gasteiger partial charge in [-0.2, -0.15) is 0 Å². The highest BCUT2D eigenvalue weighted by molar-refractivity contribution is 5.88. The molecule has 1 N–H and O–H groups in total. The van der Waals surface area contributed by atoms with Gasteiger partial charge < -0.3 is 24.2 Å². The second-order valence-electron chi connectivity index (χ2n) is 8.47. The van der Waals surface area contributed by atoms with E-state index in [-0.39, 0.29) is 31.5 Å². The van der Waals surface area contributed by atoms with E-state index in [1.165, 1.54) is 4.90 Å². The third-order valence-electron chi connectivity index (χ3n) is 5.49. The number of nitrogens with zero attached hydrogens (tertiary/aromatic N) is 2. The van der Waals surface area contributed by atoms with Crippen LogP contribution in [0.3, 0.4) is 0 Å². The van der Waals surface area contributed by atoms with E-state index in [1.54, 1.807) is 25.7 Å². The second-order valence-corrected chi connectivity index (χ2v) is 8.47. The molecular weight excluding hydrogens is 356 g/mol. The van der Waals surface area contributed by atoms with Gasteiger partial charge in [-0.25, -0.2) is 4.79 Å². The Bertz CT molecular complexity index is 617. The van der Waals surface area contributed by atoms with E-state index in [2.05, 4.69) is 0 Å². The fourth-order valence-electron chi connectivity index (χ4n) is 4.03. The van der Waals surface area contributed by atoms with E-state index in [9.17, 15) is 19.5 Å². The van der Waals surface area contributed by atoms with Gasteiger partial charge >= 0.3 is 12.1 Å². The molecular formula is C18H28N2O7. The smallest absolute Gasteiger partial charge is 0.411 e. The van der Waals surface area contributed by atoms with Crippen LogP contribution >= 0.6 is 0 Å². The predicted octanol–water partition coefficient (Wildman–Crippen LogP) is 0.572. The molecule has 0 aromatic rings. The molecule has 3 aliphatic heterocycles. The van der Waals surface area contributed by atoms with Crippen LogP contribution in [-0.2, 0) is 23.8 Å². The molecule has 0 aromatic carbocycles. The molecule has 27 heavy (non-hydrogen) atoms. The standard InChI is InChI=1S/C18H28N2O7/c1-17(2,3)27-16(24)20-5-7-26-10-13(20)14(21)19-8-12-9-25-6-4-18(12,11-19)15(22)23/h12-13H,4-11H2,1-3H3,(H,22,23)/t12?,13?,18-/m1/s1. The van der Waals surface area contributed by atoms with E-state index in [4.69, 9.17) is 14.2 Å². The van der Waals surface area contributed by atoms with Crippen LogP contribution in [-0.4, -0.2) is 90.6 Å². The van der Waals surface area contributed by atoms with Crippen LogP contribution in [0.1, 0.15) is 27.2 Å². The van der Waals surface area contributed by atoms with E-state index in [0.29, 0.717) is 32.8 Å². The van der Waals surface area contributed by atoms with Crippen molar-refractivity contribution in [2.45, 2.75) is 38.8 Å². The molecule has 3 heterocycles. The van der Waals surface area contributed by atoms with Gasteiger partial charge in [-0.3, -0.25) is 14.5 Å². The molecule has 0 aliphatic carbocycles. The fraction of sp³-hybridized carbons (Fsp3) is 0.833. The van der Waals surface area contributed by atoms with Gasteiger partial charge in [0, 0.05) is 32.2 Å².